The fourth-order valence-electron chi connectivity index (χ4n) is 3.23. The van der Waals surface area contributed by atoms with Gasteiger partial charge >= 0.3 is 0 Å². The molecule has 0 radical (unpaired) electrons. The number of aliphatic hydroxyl groups is 1. The van der Waals surface area contributed by atoms with Gasteiger partial charge < -0.3 is 34.5 Å². The number of ether oxygens (including phenoxy) is 5. The largest absolute Gasteiger partial charge is 0.392 e. The number of hydrogen-bond donors (Lipinski definition) is 2. The molecule has 0 aliphatic carbocycles. The van der Waals surface area contributed by atoms with Crippen LogP contribution < -0.4 is 5.73 Å². The van der Waals surface area contributed by atoms with E-state index in [1.165, 1.54) is 0 Å². The summed E-state index contributed by atoms with van der Waals surface area (Å²) in [6.07, 6.45) is -2.93. The summed E-state index contributed by atoms with van der Waals surface area (Å²) in [6, 6.07) is -0.594. The van der Waals surface area contributed by atoms with Gasteiger partial charge in [0.1, 0.15) is 24.4 Å². The number of fused-ring (bicyclic) bond motifs is 3. The van der Waals surface area contributed by atoms with E-state index in [2.05, 4.69) is 0 Å². The Labute approximate surface area is 124 Å². The van der Waals surface area contributed by atoms with Crippen molar-refractivity contribution in [2.75, 3.05) is 0 Å². The van der Waals surface area contributed by atoms with Crippen LogP contribution in [0, 0.1) is 0 Å². The van der Waals surface area contributed by atoms with Crippen LogP contribution in [0.4, 0.5) is 0 Å². The van der Waals surface area contributed by atoms with Gasteiger partial charge in [-0.2, -0.15) is 0 Å². The molecule has 0 saturated carbocycles. The normalized spacial score (nSPS) is 46.7. The van der Waals surface area contributed by atoms with Crippen molar-refractivity contribution < 1.29 is 28.8 Å². The quantitative estimate of drug-likeness (QED) is 0.747. The number of rotatable bonds is 2. The molecule has 3 aliphatic rings. The summed E-state index contributed by atoms with van der Waals surface area (Å²) in [7, 11) is 0. The van der Waals surface area contributed by atoms with E-state index in [-0.39, 0.29) is 12.2 Å². The van der Waals surface area contributed by atoms with Crippen LogP contribution in [0.25, 0.3) is 0 Å². The highest BCUT2D eigenvalue weighted by Gasteiger charge is 2.61. The molecule has 3 N–H and O–H groups in total. The van der Waals surface area contributed by atoms with Gasteiger partial charge in [0.25, 0.3) is 0 Å². The molecule has 0 aromatic heterocycles. The highest BCUT2D eigenvalue weighted by Crippen LogP contribution is 2.44. The van der Waals surface area contributed by atoms with Crippen LogP contribution in [0.2, 0.25) is 0 Å². The zero-order valence-electron chi connectivity index (χ0n) is 13.1. The lowest BCUT2D eigenvalue weighted by Crippen LogP contribution is -2.62. The molecule has 7 nitrogen and oxygen atoms in total. The van der Waals surface area contributed by atoms with Gasteiger partial charge in [0.15, 0.2) is 17.9 Å². The van der Waals surface area contributed by atoms with Crippen molar-refractivity contribution in [3.8, 4) is 0 Å². The Morgan fingerprint density at radius 3 is 2.05 bits per heavy atom. The Balaban J connectivity index is 1.88. The first-order valence-corrected chi connectivity index (χ1v) is 7.40. The van der Waals surface area contributed by atoms with Crippen LogP contribution in [-0.2, 0) is 23.7 Å². The average molecular weight is 303 g/mol. The van der Waals surface area contributed by atoms with Crippen LogP contribution in [-0.4, -0.2) is 59.5 Å². The summed E-state index contributed by atoms with van der Waals surface area (Å²) < 4.78 is 29.5. The van der Waals surface area contributed by atoms with E-state index in [0.29, 0.717) is 0 Å². The minimum atomic E-state index is -0.750. The van der Waals surface area contributed by atoms with E-state index in [0.717, 1.165) is 0 Å². The molecule has 7 heteroatoms. The summed E-state index contributed by atoms with van der Waals surface area (Å²) >= 11 is 0. The predicted molar refractivity (Wildman–Crippen MR) is 72.2 cm³/mol. The first-order chi connectivity index (χ1) is 9.60. The minimum absolute atomic E-state index is 0.338. The van der Waals surface area contributed by atoms with Crippen LogP contribution in [0.3, 0.4) is 0 Å². The Hall–Kier alpha value is -0.280. The molecule has 7 atom stereocenters. The molecule has 21 heavy (non-hydrogen) atoms. The van der Waals surface area contributed by atoms with Crippen molar-refractivity contribution in [1.29, 1.82) is 0 Å². The zero-order valence-corrected chi connectivity index (χ0v) is 13.1. The molecule has 0 unspecified atom stereocenters. The van der Waals surface area contributed by atoms with E-state index in [1.807, 2.05) is 27.7 Å². The lowest BCUT2D eigenvalue weighted by molar-refractivity contribution is -0.241. The Bertz CT molecular complexity index is 402. The molecule has 0 spiro atoms. The van der Waals surface area contributed by atoms with E-state index in [4.69, 9.17) is 29.4 Å². The van der Waals surface area contributed by atoms with Crippen LogP contribution in [0.1, 0.15) is 34.6 Å². The van der Waals surface area contributed by atoms with Gasteiger partial charge in [0, 0.05) is 0 Å². The second-order valence-corrected chi connectivity index (χ2v) is 6.95. The van der Waals surface area contributed by atoms with Crippen molar-refractivity contribution in [3.63, 3.8) is 0 Å². The topological polar surface area (TPSA) is 92.4 Å². The van der Waals surface area contributed by atoms with Crippen molar-refractivity contribution in [2.24, 2.45) is 5.73 Å². The summed E-state index contributed by atoms with van der Waals surface area (Å²) in [4.78, 5) is 0. The maximum absolute atomic E-state index is 9.79. The summed E-state index contributed by atoms with van der Waals surface area (Å²) in [5.74, 6) is -1.50. The molecule has 0 amide bonds. The average Bonchev–Trinajstić information content (AvgIpc) is 2.81. The lowest BCUT2D eigenvalue weighted by atomic mass is 9.92. The van der Waals surface area contributed by atoms with Gasteiger partial charge in [0.2, 0.25) is 0 Å². The van der Waals surface area contributed by atoms with E-state index >= 15 is 0 Å². The van der Waals surface area contributed by atoms with E-state index in [1.54, 1.807) is 6.92 Å². The van der Waals surface area contributed by atoms with Crippen molar-refractivity contribution >= 4 is 0 Å². The van der Waals surface area contributed by atoms with Gasteiger partial charge in [-0.15, -0.1) is 0 Å². The first-order valence-electron chi connectivity index (χ1n) is 7.40. The number of aliphatic hydroxyl groups excluding tert-OH is 1. The molecule has 3 rings (SSSR count). The van der Waals surface area contributed by atoms with Crippen molar-refractivity contribution in [3.05, 3.63) is 0 Å². The predicted octanol–water partition coefficient (Wildman–Crippen LogP) is 0.0910. The number of nitrogens with two attached hydrogens (primary N) is 1. The van der Waals surface area contributed by atoms with Crippen LogP contribution in [0.15, 0.2) is 0 Å². The zero-order chi connectivity index (χ0) is 15.6. The van der Waals surface area contributed by atoms with E-state index < -0.39 is 42.2 Å². The Morgan fingerprint density at radius 1 is 0.905 bits per heavy atom. The molecular formula is C14H25NO6. The summed E-state index contributed by atoms with van der Waals surface area (Å²) in [5.41, 5.74) is 6.08. The second kappa shape index (κ2) is 4.86. The Morgan fingerprint density at radius 2 is 1.43 bits per heavy atom. The smallest absolute Gasteiger partial charge is 0.190 e. The lowest BCUT2D eigenvalue weighted by Gasteiger charge is -2.40. The highest BCUT2D eigenvalue weighted by atomic mass is 16.9. The fraction of sp³-hybridized carbons (Fsp3) is 1.00. The van der Waals surface area contributed by atoms with Gasteiger partial charge in [0.05, 0.1) is 12.1 Å². The summed E-state index contributed by atoms with van der Waals surface area (Å²) in [5, 5.41) is 9.79. The molecule has 0 bridgehead atoms. The van der Waals surface area contributed by atoms with Gasteiger partial charge in [-0.1, -0.05) is 0 Å². The van der Waals surface area contributed by atoms with Crippen LogP contribution in [0.5, 0.6) is 0 Å². The standard InChI is InChI=1S/C14H25NO6/c1-6(16)7(15)8-9-10(19-13(2,3)18-9)11-12(17-8)21-14(4,5)20-11/h6-12,16H,15H2,1-5H3/t6-,7+,8-,9+,10+,11-,12-/m1/s1. The molecule has 122 valence electrons. The SMILES string of the molecule is C[C@@H](O)[C@H](N)[C@H]1O[C@@H]2OC(C)(C)O[C@@H]2[C@H]2OC(C)(C)O[C@H]21. The monoisotopic (exact) mass is 303 g/mol. The maximum Gasteiger partial charge on any atom is 0.190 e. The molecule has 3 saturated heterocycles. The van der Waals surface area contributed by atoms with Gasteiger partial charge in [-0.3, -0.25) is 0 Å². The molecule has 0 aromatic carbocycles. The summed E-state index contributed by atoms with van der Waals surface area (Å²) in [6.45, 7) is 8.97. The number of hydrogen-bond acceptors (Lipinski definition) is 7. The third-order valence-electron chi connectivity index (χ3n) is 4.13. The minimum Gasteiger partial charge on any atom is -0.392 e. The first kappa shape index (κ1) is 15.6. The molecule has 3 fully saturated rings. The van der Waals surface area contributed by atoms with E-state index in [9.17, 15) is 5.11 Å². The molecule has 3 aliphatic heterocycles. The maximum atomic E-state index is 9.79. The highest BCUT2D eigenvalue weighted by molar-refractivity contribution is 5.03. The van der Waals surface area contributed by atoms with Gasteiger partial charge in [-0.25, -0.2) is 0 Å². The Kier molecular flexibility index (Phi) is 3.61. The van der Waals surface area contributed by atoms with Crippen molar-refractivity contribution in [2.45, 2.75) is 89.0 Å². The molecular weight excluding hydrogens is 278 g/mol. The molecule has 0 aromatic rings. The fourth-order valence-corrected chi connectivity index (χ4v) is 3.23. The second-order valence-electron chi connectivity index (χ2n) is 6.95. The van der Waals surface area contributed by atoms with Crippen LogP contribution >= 0.6 is 0 Å². The van der Waals surface area contributed by atoms with Gasteiger partial charge in [-0.05, 0) is 34.6 Å². The third-order valence-corrected chi connectivity index (χ3v) is 4.13. The molecule has 3 heterocycles. The van der Waals surface area contributed by atoms with Crippen molar-refractivity contribution in [1.82, 2.24) is 0 Å². The third kappa shape index (κ3) is 2.72.